The molecule has 0 spiro atoms. The van der Waals surface area contributed by atoms with Crippen molar-refractivity contribution in [3.63, 3.8) is 0 Å². The third kappa shape index (κ3) is 4.34. The minimum atomic E-state index is -0.0892. The molecule has 0 saturated heterocycles. The summed E-state index contributed by atoms with van der Waals surface area (Å²) in [7, 11) is 0. The van der Waals surface area contributed by atoms with Crippen LogP contribution in [-0.4, -0.2) is 40.7 Å². The number of carbonyl (C=O) groups excluding carboxylic acids is 2. The average molecular weight is 459 g/mol. The van der Waals surface area contributed by atoms with Crippen LogP contribution in [0.2, 0.25) is 0 Å². The Hall–Kier alpha value is -2.92. The number of hydrogen-bond donors (Lipinski definition) is 0. The van der Waals surface area contributed by atoms with Crippen LogP contribution in [0.1, 0.15) is 63.3 Å². The van der Waals surface area contributed by atoms with E-state index >= 15 is 0 Å². The molecule has 2 heterocycles. The second kappa shape index (κ2) is 9.14. The van der Waals surface area contributed by atoms with Gasteiger partial charge in [-0.25, -0.2) is 0 Å². The van der Waals surface area contributed by atoms with Crippen molar-refractivity contribution in [2.24, 2.45) is 0 Å². The number of nitrogens with zero attached hydrogens (tertiary/aromatic N) is 2. The maximum atomic E-state index is 13.7. The Kier molecular flexibility index (Phi) is 6.07. The number of benzene rings is 2. The molecule has 4 nitrogen and oxygen atoms in total. The lowest BCUT2D eigenvalue weighted by Gasteiger charge is -2.38. The first kappa shape index (κ1) is 21.9. The molecule has 1 unspecified atom stereocenters. The molecular formula is C28H30N2O2S. The van der Waals surface area contributed by atoms with E-state index in [1.54, 1.807) is 16.2 Å². The maximum absolute atomic E-state index is 13.7. The van der Waals surface area contributed by atoms with Gasteiger partial charge in [0.1, 0.15) is 6.54 Å². The van der Waals surface area contributed by atoms with E-state index in [1.807, 2.05) is 41.3 Å². The molecule has 2 aromatic carbocycles. The maximum Gasteiger partial charge on any atom is 0.254 e. The molecule has 0 N–H and O–H groups in total. The lowest BCUT2D eigenvalue weighted by atomic mass is 9.90. The van der Waals surface area contributed by atoms with Crippen molar-refractivity contribution < 1.29 is 9.59 Å². The number of thiophene rings is 1. The van der Waals surface area contributed by atoms with Crippen LogP contribution >= 0.6 is 11.3 Å². The zero-order chi connectivity index (χ0) is 22.9. The number of amides is 2. The van der Waals surface area contributed by atoms with Crippen molar-refractivity contribution in [2.75, 3.05) is 13.1 Å². The SMILES string of the molecule is CCc1ccc(C(=O)N(CC(=O)N2CCc3sccc3C2c2ccccc2C)C2CC2)cc1. The highest BCUT2D eigenvalue weighted by Gasteiger charge is 2.38. The number of hydrogen-bond acceptors (Lipinski definition) is 3. The number of rotatable bonds is 6. The summed E-state index contributed by atoms with van der Waals surface area (Å²) >= 11 is 1.77. The molecule has 1 atom stereocenters. The molecule has 0 radical (unpaired) electrons. The Morgan fingerprint density at radius 1 is 1.03 bits per heavy atom. The van der Waals surface area contributed by atoms with E-state index < -0.39 is 0 Å². The van der Waals surface area contributed by atoms with Gasteiger partial charge in [-0.05, 0) is 78.4 Å². The molecule has 1 fully saturated rings. The van der Waals surface area contributed by atoms with Crippen LogP contribution in [0.3, 0.4) is 0 Å². The normalized spacial score (nSPS) is 17.5. The van der Waals surface area contributed by atoms with Gasteiger partial charge < -0.3 is 9.80 Å². The third-order valence-corrected chi connectivity index (χ3v) is 7.93. The molecule has 0 bridgehead atoms. The van der Waals surface area contributed by atoms with Crippen LogP contribution < -0.4 is 0 Å². The molecule has 1 aromatic heterocycles. The number of carbonyl (C=O) groups is 2. The quantitative estimate of drug-likeness (QED) is 0.496. The van der Waals surface area contributed by atoms with Gasteiger partial charge >= 0.3 is 0 Å². The van der Waals surface area contributed by atoms with Crippen LogP contribution in [0.25, 0.3) is 0 Å². The monoisotopic (exact) mass is 458 g/mol. The Morgan fingerprint density at radius 2 is 1.79 bits per heavy atom. The van der Waals surface area contributed by atoms with Crippen molar-refractivity contribution >= 4 is 23.2 Å². The van der Waals surface area contributed by atoms with Crippen molar-refractivity contribution in [3.8, 4) is 0 Å². The fourth-order valence-electron chi connectivity index (χ4n) is 4.85. The highest BCUT2D eigenvalue weighted by atomic mass is 32.1. The van der Waals surface area contributed by atoms with Gasteiger partial charge in [-0.1, -0.05) is 43.3 Å². The summed E-state index contributed by atoms with van der Waals surface area (Å²) in [6.45, 7) is 5.04. The Bertz CT molecular complexity index is 1160. The minimum Gasteiger partial charge on any atom is -0.330 e. The lowest BCUT2D eigenvalue weighted by Crippen LogP contribution is -2.47. The van der Waals surface area contributed by atoms with Crippen molar-refractivity contribution in [1.29, 1.82) is 0 Å². The fraction of sp³-hybridized carbons (Fsp3) is 0.357. The molecule has 1 aliphatic heterocycles. The van der Waals surface area contributed by atoms with Gasteiger partial charge in [0.2, 0.25) is 5.91 Å². The first-order valence-electron chi connectivity index (χ1n) is 11.9. The lowest BCUT2D eigenvalue weighted by molar-refractivity contribution is -0.134. The zero-order valence-corrected chi connectivity index (χ0v) is 20.1. The Morgan fingerprint density at radius 3 is 2.48 bits per heavy atom. The summed E-state index contributed by atoms with van der Waals surface area (Å²) in [6.07, 6.45) is 3.76. The van der Waals surface area contributed by atoms with Crippen molar-refractivity contribution in [3.05, 3.63) is 92.7 Å². The van der Waals surface area contributed by atoms with E-state index in [9.17, 15) is 9.59 Å². The standard InChI is InChI=1S/C28H30N2O2S/c1-3-20-8-10-21(11-9-20)28(32)30(22-12-13-22)18-26(31)29-16-14-25-24(15-17-33-25)27(29)23-7-5-4-6-19(23)2/h4-11,15,17,22,27H,3,12-14,16,18H2,1-2H3. The highest BCUT2D eigenvalue weighted by molar-refractivity contribution is 7.10. The van der Waals surface area contributed by atoms with Gasteiger partial charge in [0.15, 0.2) is 0 Å². The summed E-state index contributed by atoms with van der Waals surface area (Å²) in [5.74, 6) is -0.000270. The fourth-order valence-corrected chi connectivity index (χ4v) is 5.76. The number of fused-ring (bicyclic) bond motifs is 1. The summed E-state index contributed by atoms with van der Waals surface area (Å²) in [5, 5.41) is 2.13. The van der Waals surface area contributed by atoms with Gasteiger partial charge in [-0.15, -0.1) is 11.3 Å². The van der Waals surface area contributed by atoms with Gasteiger partial charge in [-0.2, -0.15) is 0 Å². The van der Waals surface area contributed by atoms with Gasteiger partial charge in [-0.3, -0.25) is 9.59 Å². The van der Waals surface area contributed by atoms with Gasteiger partial charge in [0, 0.05) is 23.0 Å². The molecule has 2 aliphatic rings. The first-order chi connectivity index (χ1) is 16.1. The zero-order valence-electron chi connectivity index (χ0n) is 19.3. The third-order valence-electron chi connectivity index (χ3n) is 6.93. The molecule has 1 aliphatic carbocycles. The molecule has 170 valence electrons. The Balaban J connectivity index is 1.42. The van der Waals surface area contributed by atoms with Crippen LogP contribution in [-0.2, 0) is 17.6 Å². The average Bonchev–Trinajstić information content (AvgIpc) is 3.57. The predicted octanol–water partition coefficient (Wildman–Crippen LogP) is 5.40. The topological polar surface area (TPSA) is 40.6 Å². The van der Waals surface area contributed by atoms with Crippen molar-refractivity contribution in [1.82, 2.24) is 9.80 Å². The van der Waals surface area contributed by atoms with Crippen LogP contribution in [0.15, 0.2) is 60.0 Å². The van der Waals surface area contributed by atoms with Crippen LogP contribution in [0.4, 0.5) is 0 Å². The van der Waals surface area contributed by atoms with E-state index in [1.165, 1.54) is 27.1 Å². The van der Waals surface area contributed by atoms with Gasteiger partial charge in [0.25, 0.3) is 5.91 Å². The predicted molar refractivity (Wildman–Crippen MR) is 133 cm³/mol. The van der Waals surface area contributed by atoms with E-state index in [0.717, 1.165) is 25.7 Å². The van der Waals surface area contributed by atoms with E-state index in [4.69, 9.17) is 0 Å². The summed E-state index contributed by atoms with van der Waals surface area (Å²) in [5.41, 5.74) is 5.46. The largest absolute Gasteiger partial charge is 0.330 e. The van der Waals surface area contributed by atoms with Crippen molar-refractivity contribution in [2.45, 2.75) is 51.6 Å². The van der Waals surface area contributed by atoms with E-state index in [-0.39, 0.29) is 30.4 Å². The van der Waals surface area contributed by atoms with E-state index in [0.29, 0.717) is 12.1 Å². The molecule has 2 amide bonds. The highest BCUT2D eigenvalue weighted by Crippen LogP contribution is 2.39. The van der Waals surface area contributed by atoms with Crippen LogP contribution in [0, 0.1) is 6.92 Å². The second-order valence-electron chi connectivity index (χ2n) is 9.11. The van der Waals surface area contributed by atoms with Crippen LogP contribution in [0.5, 0.6) is 0 Å². The minimum absolute atomic E-state index is 0.0329. The molecule has 1 saturated carbocycles. The Labute approximate surface area is 199 Å². The molecule has 3 aromatic rings. The molecule has 5 rings (SSSR count). The first-order valence-corrected chi connectivity index (χ1v) is 12.8. The summed E-state index contributed by atoms with van der Waals surface area (Å²) < 4.78 is 0. The summed E-state index contributed by atoms with van der Waals surface area (Å²) in [6, 6.07) is 18.4. The molecule has 5 heteroatoms. The molecule has 33 heavy (non-hydrogen) atoms. The smallest absolute Gasteiger partial charge is 0.254 e. The second-order valence-corrected chi connectivity index (χ2v) is 10.1. The molecular weight excluding hydrogens is 428 g/mol. The van der Waals surface area contributed by atoms with Gasteiger partial charge in [0.05, 0.1) is 6.04 Å². The number of aryl methyl sites for hydroxylation is 2. The summed E-state index contributed by atoms with van der Waals surface area (Å²) in [4.78, 5) is 32.3. The van der Waals surface area contributed by atoms with E-state index in [2.05, 4.69) is 37.4 Å².